The molecule has 33 heavy (non-hydrogen) atoms. The van der Waals surface area contributed by atoms with Gasteiger partial charge in [0.15, 0.2) is 0 Å². The molecule has 2 aromatic rings. The van der Waals surface area contributed by atoms with Crippen LogP contribution in [-0.4, -0.2) is 42.4 Å². The van der Waals surface area contributed by atoms with Crippen LogP contribution in [0.5, 0.6) is 5.75 Å². The minimum atomic E-state index is -0.439. The Balaban J connectivity index is 2.12. The first-order valence-electron chi connectivity index (χ1n) is 10.8. The predicted octanol–water partition coefficient (Wildman–Crippen LogP) is 4.98. The molecule has 0 aromatic heterocycles. The molecule has 0 aliphatic rings. The van der Waals surface area contributed by atoms with Crippen LogP contribution in [0.4, 0.5) is 5.69 Å². The van der Waals surface area contributed by atoms with E-state index in [1.807, 2.05) is 18.2 Å². The number of carbonyl (C=O) groups is 2. The highest BCUT2D eigenvalue weighted by molar-refractivity contribution is 6.02. The van der Waals surface area contributed by atoms with E-state index in [0.717, 1.165) is 16.8 Å². The maximum atomic E-state index is 11.9. The lowest BCUT2D eigenvalue weighted by Gasteiger charge is -2.24. The van der Waals surface area contributed by atoms with Gasteiger partial charge in [-0.05, 0) is 54.3 Å². The Kier molecular flexibility index (Phi) is 9.21. The zero-order valence-electron chi connectivity index (χ0n) is 19.7. The Hall–Kier alpha value is -3.61. The summed E-state index contributed by atoms with van der Waals surface area (Å²) in [6.07, 6.45) is 1.96. The van der Waals surface area contributed by atoms with Gasteiger partial charge in [-0.25, -0.2) is 4.79 Å². The van der Waals surface area contributed by atoms with E-state index in [2.05, 4.69) is 37.8 Å². The van der Waals surface area contributed by atoms with Gasteiger partial charge in [-0.3, -0.25) is 4.79 Å². The molecule has 0 saturated heterocycles. The quantitative estimate of drug-likeness (QED) is 0.164. The molecule has 0 amide bonds. The van der Waals surface area contributed by atoms with E-state index in [0.29, 0.717) is 30.0 Å². The van der Waals surface area contributed by atoms with Gasteiger partial charge in [-0.15, -0.1) is 0 Å². The molecule has 0 unspecified atom stereocenters. The molecule has 2 N–H and O–H groups in total. The van der Waals surface area contributed by atoms with Crippen molar-refractivity contribution in [2.75, 3.05) is 25.1 Å². The van der Waals surface area contributed by atoms with Crippen LogP contribution < -0.4 is 10.1 Å². The maximum Gasteiger partial charge on any atom is 0.338 e. The predicted molar refractivity (Wildman–Crippen MR) is 130 cm³/mol. The monoisotopic (exact) mass is 452 g/mol. The van der Waals surface area contributed by atoms with Crippen molar-refractivity contribution >= 4 is 23.2 Å². The first-order valence-corrected chi connectivity index (χ1v) is 10.8. The van der Waals surface area contributed by atoms with Gasteiger partial charge in [0.05, 0.1) is 5.56 Å². The first kappa shape index (κ1) is 25.6. The summed E-state index contributed by atoms with van der Waals surface area (Å²) in [7, 11) is 0. The topological polar surface area (TPSA) is 97.2 Å². The van der Waals surface area contributed by atoms with E-state index in [9.17, 15) is 14.8 Å². The summed E-state index contributed by atoms with van der Waals surface area (Å²) in [5.74, 6) is 0.214. The normalized spacial score (nSPS) is 11.6. The number of carbonyl (C=O) groups excluding carboxylic acids is 2. The van der Waals surface area contributed by atoms with Crippen LogP contribution in [0.15, 0.2) is 60.3 Å². The van der Waals surface area contributed by atoms with Gasteiger partial charge in [0.25, 0.3) is 0 Å². The highest BCUT2D eigenvalue weighted by atomic mass is 16.5. The van der Waals surface area contributed by atoms with Crippen molar-refractivity contribution in [3.05, 3.63) is 71.8 Å². The molecule has 0 saturated carbocycles. The van der Waals surface area contributed by atoms with Gasteiger partial charge >= 0.3 is 5.97 Å². The standard InChI is InChI=1S/C26H32N2O5/c1-6-15-32-25(30)19-7-10-21(11-8-19)33-17-24(28-31)20-9-12-23(27-14-13-18(2)29)22(16-20)26(3,4)5/h6-12,16,27,31H,1,13-15,17H2,2-5H3. The van der Waals surface area contributed by atoms with Crippen molar-refractivity contribution in [2.24, 2.45) is 5.16 Å². The summed E-state index contributed by atoms with van der Waals surface area (Å²) in [5.41, 5.74) is 3.29. The van der Waals surface area contributed by atoms with E-state index < -0.39 is 5.97 Å². The number of oxime groups is 1. The molecule has 176 valence electrons. The third kappa shape index (κ3) is 7.79. The van der Waals surface area contributed by atoms with E-state index in [1.54, 1.807) is 31.2 Å². The summed E-state index contributed by atoms with van der Waals surface area (Å²) in [6, 6.07) is 12.3. The van der Waals surface area contributed by atoms with E-state index in [4.69, 9.17) is 9.47 Å². The number of nitrogens with one attached hydrogen (secondary N) is 1. The van der Waals surface area contributed by atoms with Crippen LogP contribution in [0.2, 0.25) is 0 Å². The highest BCUT2D eigenvalue weighted by Gasteiger charge is 2.20. The summed E-state index contributed by atoms with van der Waals surface area (Å²) in [4.78, 5) is 23.1. The number of anilines is 1. The van der Waals surface area contributed by atoms with Crippen LogP contribution in [0, 0.1) is 0 Å². The minimum absolute atomic E-state index is 0.0391. The van der Waals surface area contributed by atoms with Gasteiger partial charge in [0.2, 0.25) is 0 Å². The summed E-state index contributed by atoms with van der Waals surface area (Å²) in [6.45, 7) is 12.1. The number of ether oxygens (including phenoxy) is 2. The van der Waals surface area contributed by atoms with Crippen molar-refractivity contribution in [1.29, 1.82) is 0 Å². The van der Waals surface area contributed by atoms with Crippen LogP contribution in [0.25, 0.3) is 0 Å². The van der Waals surface area contributed by atoms with E-state index >= 15 is 0 Å². The van der Waals surface area contributed by atoms with Crippen LogP contribution in [-0.2, 0) is 14.9 Å². The molecular weight excluding hydrogens is 420 g/mol. The van der Waals surface area contributed by atoms with Crippen molar-refractivity contribution in [3.8, 4) is 5.75 Å². The lowest BCUT2D eigenvalue weighted by atomic mass is 9.84. The molecule has 2 rings (SSSR count). The Morgan fingerprint density at radius 1 is 1.12 bits per heavy atom. The highest BCUT2D eigenvalue weighted by Crippen LogP contribution is 2.31. The average molecular weight is 453 g/mol. The number of benzene rings is 2. The van der Waals surface area contributed by atoms with Gasteiger partial charge in [0.1, 0.15) is 30.5 Å². The third-order valence-electron chi connectivity index (χ3n) is 4.87. The van der Waals surface area contributed by atoms with Gasteiger partial charge in [-0.1, -0.05) is 44.6 Å². The van der Waals surface area contributed by atoms with Crippen molar-refractivity contribution in [2.45, 2.75) is 39.5 Å². The van der Waals surface area contributed by atoms with Gasteiger partial charge in [-0.2, -0.15) is 0 Å². The van der Waals surface area contributed by atoms with Crippen molar-refractivity contribution < 1.29 is 24.3 Å². The van der Waals surface area contributed by atoms with E-state index in [1.165, 1.54) is 6.08 Å². The fourth-order valence-corrected chi connectivity index (χ4v) is 3.10. The zero-order valence-corrected chi connectivity index (χ0v) is 19.7. The molecule has 0 radical (unpaired) electrons. The minimum Gasteiger partial charge on any atom is -0.487 e. The SMILES string of the molecule is C=CCOC(=O)c1ccc(OCC(=NO)c2ccc(NCCC(C)=O)c(C(C)(C)C)c2)cc1. The van der Waals surface area contributed by atoms with Gasteiger partial charge < -0.3 is 20.0 Å². The fourth-order valence-electron chi connectivity index (χ4n) is 3.10. The number of nitrogens with zero attached hydrogens (tertiary/aromatic N) is 1. The smallest absolute Gasteiger partial charge is 0.338 e. The molecule has 0 spiro atoms. The van der Waals surface area contributed by atoms with Crippen molar-refractivity contribution in [1.82, 2.24) is 0 Å². The van der Waals surface area contributed by atoms with Crippen molar-refractivity contribution in [3.63, 3.8) is 0 Å². The fraction of sp³-hybridized carbons (Fsp3) is 0.346. The first-order chi connectivity index (χ1) is 15.7. The van der Waals surface area contributed by atoms with Crippen LogP contribution >= 0.6 is 0 Å². The number of hydrogen-bond donors (Lipinski definition) is 2. The summed E-state index contributed by atoms with van der Waals surface area (Å²) in [5, 5.41) is 16.4. The molecular formula is C26H32N2O5. The molecule has 0 aliphatic heterocycles. The Labute approximate surface area is 195 Å². The Bertz CT molecular complexity index is 1000. The largest absolute Gasteiger partial charge is 0.487 e. The second-order valence-electron chi connectivity index (χ2n) is 8.64. The molecule has 0 bridgehead atoms. The molecule has 2 aromatic carbocycles. The average Bonchev–Trinajstić information content (AvgIpc) is 2.78. The molecule has 0 aliphatic carbocycles. The second kappa shape index (κ2) is 11.9. The Morgan fingerprint density at radius 2 is 1.79 bits per heavy atom. The lowest BCUT2D eigenvalue weighted by molar-refractivity contribution is -0.116. The molecule has 7 heteroatoms. The maximum absolute atomic E-state index is 11.9. The molecule has 7 nitrogen and oxygen atoms in total. The number of Topliss-reactive ketones (excluding diaryl/α,β-unsaturated/α-hetero) is 1. The number of rotatable bonds is 11. The summed E-state index contributed by atoms with van der Waals surface area (Å²) < 4.78 is 10.8. The lowest BCUT2D eigenvalue weighted by Crippen LogP contribution is -2.19. The number of hydrogen-bond acceptors (Lipinski definition) is 7. The molecule has 0 fully saturated rings. The summed E-state index contributed by atoms with van der Waals surface area (Å²) >= 11 is 0. The van der Waals surface area contributed by atoms with Crippen LogP contribution in [0.1, 0.15) is 55.6 Å². The van der Waals surface area contributed by atoms with Crippen LogP contribution in [0.3, 0.4) is 0 Å². The van der Waals surface area contributed by atoms with E-state index in [-0.39, 0.29) is 24.4 Å². The number of esters is 1. The third-order valence-corrected chi connectivity index (χ3v) is 4.87. The number of ketones is 1. The Morgan fingerprint density at radius 3 is 2.36 bits per heavy atom. The molecule has 0 atom stereocenters. The second-order valence-corrected chi connectivity index (χ2v) is 8.64. The molecule has 0 heterocycles. The van der Waals surface area contributed by atoms with Gasteiger partial charge in [0, 0.05) is 24.2 Å². The zero-order chi connectivity index (χ0) is 24.4.